The lowest BCUT2D eigenvalue weighted by Crippen LogP contribution is -2.44. The molecule has 0 bridgehead atoms. The van der Waals surface area contributed by atoms with Gasteiger partial charge in [-0.05, 0) is 48.3 Å². The standard InChI is InChI=1S/C23H25N3O2S/c1-14(2)21-20-16(15-8-4-6-10-18(15)24-20)12-13-26(21)23(29)25-19-11-7-5-9-17(19)22(27)28-3/h4-11,14,21,24H,12-13H2,1-3H3,(H,25,29)/t21-/m1/s1. The number of aromatic nitrogens is 1. The minimum absolute atomic E-state index is 0.136. The third-order valence-electron chi connectivity index (χ3n) is 5.55. The lowest BCUT2D eigenvalue weighted by Gasteiger charge is -2.40. The van der Waals surface area contributed by atoms with Gasteiger partial charge in [0.15, 0.2) is 5.11 Å². The fraction of sp³-hybridized carbons (Fsp3) is 0.304. The van der Waals surface area contributed by atoms with E-state index in [0.29, 0.717) is 22.3 Å². The Kier molecular flexibility index (Phi) is 5.28. The SMILES string of the molecule is COC(=O)c1ccccc1NC(=S)N1CCc2c([nH]c3ccccc23)[C@H]1C(C)C. The van der Waals surface area contributed by atoms with Crippen LogP contribution in [0.2, 0.25) is 0 Å². The molecule has 29 heavy (non-hydrogen) atoms. The Bertz CT molecular complexity index is 1070. The average molecular weight is 408 g/mol. The molecule has 4 rings (SSSR count). The highest BCUT2D eigenvalue weighted by Gasteiger charge is 2.34. The minimum Gasteiger partial charge on any atom is -0.465 e. The number of nitrogens with one attached hydrogen (secondary N) is 2. The van der Waals surface area contributed by atoms with Gasteiger partial charge in [0.2, 0.25) is 0 Å². The molecule has 2 N–H and O–H groups in total. The van der Waals surface area contributed by atoms with Crippen LogP contribution in [0.1, 0.15) is 41.5 Å². The van der Waals surface area contributed by atoms with Crippen LogP contribution in [0.15, 0.2) is 48.5 Å². The molecular weight excluding hydrogens is 382 g/mol. The largest absolute Gasteiger partial charge is 0.465 e. The molecule has 1 atom stereocenters. The van der Waals surface area contributed by atoms with Gasteiger partial charge in [0.1, 0.15) is 0 Å². The van der Waals surface area contributed by atoms with Crippen LogP contribution in [-0.2, 0) is 11.2 Å². The van der Waals surface area contributed by atoms with E-state index in [4.69, 9.17) is 17.0 Å². The summed E-state index contributed by atoms with van der Waals surface area (Å²) in [6.45, 7) is 5.25. The first kappa shape index (κ1) is 19.5. The van der Waals surface area contributed by atoms with Crippen LogP contribution in [0.3, 0.4) is 0 Å². The molecule has 1 aliphatic rings. The number of benzene rings is 2. The van der Waals surface area contributed by atoms with Gasteiger partial charge in [-0.1, -0.05) is 44.2 Å². The summed E-state index contributed by atoms with van der Waals surface area (Å²) in [7, 11) is 1.38. The van der Waals surface area contributed by atoms with Gasteiger partial charge in [-0.2, -0.15) is 0 Å². The van der Waals surface area contributed by atoms with Crippen molar-refractivity contribution in [3.05, 3.63) is 65.4 Å². The Morgan fingerprint density at radius 2 is 1.93 bits per heavy atom. The van der Waals surface area contributed by atoms with E-state index in [9.17, 15) is 4.79 Å². The number of carbonyl (C=O) groups is 1. The van der Waals surface area contributed by atoms with Gasteiger partial charge in [-0.25, -0.2) is 4.79 Å². The van der Waals surface area contributed by atoms with E-state index in [0.717, 1.165) is 13.0 Å². The van der Waals surface area contributed by atoms with E-state index in [1.54, 1.807) is 6.07 Å². The van der Waals surface area contributed by atoms with E-state index in [2.05, 4.69) is 53.3 Å². The van der Waals surface area contributed by atoms with Gasteiger partial charge >= 0.3 is 5.97 Å². The topological polar surface area (TPSA) is 57.4 Å². The van der Waals surface area contributed by atoms with Crippen molar-refractivity contribution in [2.75, 3.05) is 19.0 Å². The van der Waals surface area contributed by atoms with Crippen molar-refractivity contribution in [1.82, 2.24) is 9.88 Å². The van der Waals surface area contributed by atoms with Crippen molar-refractivity contribution >= 4 is 39.9 Å². The first-order valence-electron chi connectivity index (χ1n) is 9.85. The number of thiocarbonyl (C=S) groups is 1. The summed E-state index contributed by atoms with van der Waals surface area (Å²) in [5.74, 6) is -0.0226. The average Bonchev–Trinajstić information content (AvgIpc) is 3.11. The molecule has 2 aromatic carbocycles. The number of nitrogens with zero attached hydrogens (tertiary/aromatic N) is 1. The van der Waals surface area contributed by atoms with Gasteiger partial charge in [-0.3, -0.25) is 0 Å². The number of para-hydroxylation sites is 2. The third-order valence-corrected chi connectivity index (χ3v) is 5.88. The smallest absolute Gasteiger partial charge is 0.339 e. The number of rotatable bonds is 3. The summed E-state index contributed by atoms with van der Waals surface area (Å²) >= 11 is 5.79. The van der Waals surface area contributed by atoms with Crippen molar-refractivity contribution in [2.45, 2.75) is 26.3 Å². The van der Waals surface area contributed by atoms with Gasteiger partial charge in [-0.15, -0.1) is 0 Å². The van der Waals surface area contributed by atoms with Crippen LogP contribution >= 0.6 is 12.2 Å². The number of aromatic amines is 1. The second kappa shape index (κ2) is 7.87. The van der Waals surface area contributed by atoms with Crippen molar-refractivity contribution in [3.63, 3.8) is 0 Å². The fourth-order valence-corrected chi connectivity index (χ4v) is 4.57. The Hall–Kier alpha value is -2.86. The molecule has 0 radical (unpaired) electrons. The Balaban J connectivity index is 1.67. The van der Waals surface area contributed by atoms with Gasteiger partial charge < -0.3 is 19.9 Å². The molecule has 0 fully saturated rings. The van der Waals surface area contributed by atoms with Crippen LogP contribution in [0.25, 0.3) is 10.9 Å². The minimum atomic E-state index is -0.382. The molecule has 0 saturated carbocycles. The highest BCUT2D eigenvalue weighted by Crippen LogP contribution is 2.38. The number of anilines is 1. The molecule has 150 valence electrons. The first-order chi connectivity index (χ1) is 14.0. The summed E-state index contributed by atoms with van der Waals surface area (Å²) < 4.78 is 4.90. The normalized spacial score (nSPS) is 16.0. The quantitative estimate of drug-likeness (QED) is 0.477. The highest BCUT2D eigenvalue weighted by atomic mass is 32.1. The summed E-state index contributed by atoms with van der Waals surface area (Å²) in [6.07, 6.45) is 0.920. The zero-order valence-corrected chi connectivity index (χ0v) is 17.7. The molecule has 0 amide bonds. The lowest BCUT2D eigenvalue weighted by atomic mass is 9.90. The molecule has 0 saturated heterocycles. The summed E-state index contributed by atoms with van der Waals surface area (Å²) in [5.41, 5.74) is 4.92. The summed E-state index contributed by atoms with van der Waals surface area (Å²) in [6, 6.07) is 15.9. The number of esters is 1. The zero-order chi connectivity index (χ0) is 20.5. The number of carbonyl (C=O) groups excluding carboxylic acids is 1. The molecule has 0 aliphatic carbocycles. The van der Waals surface area contributed by atoms with Gasteiger partial charge in [0, 0.05) is 23.1 Å². The van der Waals surface area contributed by atoms with E-state index < -0.39 is 0 Å². The summed E-state index contributed by atoms with van der Waals surface area (Å²) in [4.78, 5) is 18.0. The number of fused-ring (bicyclic) bond motifs is 3. The van der Waals surface area contributed by atoms with Crippen LogP contribution in [-0.4, -0.2) is 34.6 Å². The molecule has 0 unspecified atom stereocenters. The van der Waals surface area contributed by atoms with Crippen molar-refractivity contribution in [2.24, 2.45) is 5.92 Å². The number of hydrogen-bond donors (Lipinski definition) is 2. The zero-order valence-electron chi connectivity index (χ0n) is 16.9. The maximum atomic E-state index is 12.1. The third kappa shape index (κ3) is 3.49. The molecule has 5 nitrogen and oxygen atoms in total. The van der Waals surface area contributed by atoms with Gasteiger partial charge in [0.05, 0.1) is 24.4 Å². The monoisotopic (exact) mass is 407 g/mol. The van der Waals surface area contributed by atoms with Crippen LogP contribution in [0.4, 0.5) is 5.69 Å². The Labute approximate surface area is 176 Å². The predicted molar refractivity (Wildman–Crippen MR) is 120 cm³/mol. The molecule has 1 aliphatic heterocycles. The van der Waals surface area contributed by atoms with E-state index in [1.807, 2.05) is 18.2 Å². The molecule has 2 heterocycles. The first-order valence-corrected chi connectivity index (χ1v) is 10.3. The number of hydrogen-bond acceptors (Lipinski definition) is 3. The highest BCUT2D eigenvalue weighted by molar-refractivity contribution is 7.80. The molecular formula is C23H25N3O2S. The number of H-pyrrole nitrogens is 1. The molecule has 1 aromatic heterocycles. The molecule has 6 heteroatoms. The molecule has 3 aromatic rings. The second-order valence-electron chi connectivity index (χ2n) is 7.66. The van der Waals surface area contributed by atoms with Crippen molar-refractivity contribution < 1.29 is 9.53 Å². The summed E-state index contributed by atoms with van der Waals surface area (Å²) in [5, 5.41) is 5.20. The number of ether oxygens (including phenoxy) is 1. The van der Waals surface area contributed by atoms with E-state index >= 15 is 0 Å². The van der Waals surface area contributed by atoms with E-state index in [1.165, 1.54) is 29.3 Å². The van der Waals surface area contributed by atoms with Crippen LogP contribution in [0.5, 0.6) is 0 Å². The number of methoxy groups -OCH3 is 1. The fourth-order valence-electron chi connectivity index (χ4n) is 4.26. The lowest BCUT2D eigenvalue weighted by molar-refractivity contribution is 0.0602. The van der Waals surface area contributed by atoms with Crippen LogP contribution in [0, 0.1) is 5.92 Å². The molecule has 0 spiro atoms. The van der Waals surface area contributed by atoms with Crippen molar-refractivity contribution in [1.29, 1.82) is 0 Å². The van der Waals surface area contributed by atoms with Crippen LogP contribution < -0.4 is 5.32 Å². The maximum absolute atomic E-state index is 12.1. The Morgan fingerprint density at radius 3 is 2.69 bits per heavy atom. The predicted octanol–water partition coefficient (Wildman–Crippen LogP) is 4.91. The second-order valence-corrected chi connectivity index (χ2v) is 8.05. The van der Waals surface area contributed by atoms with Crippen molar-refractivity contribution in [3.8, 4) is 0 Å². The van der Waals surface area contributed by atoms with Gasteiger partial charge in [0.25, 0.3) is 0 Å². The van der Waals surface area contributed by atoms with E-state index in [-0.39, 0.29) is 12.0 Å². The Morgan fingerprint density at radius 1 is 1.21 bits per heavy atom. The maximum Gasteiger partial charge on any atom is 0.339 e.